The second-order valence-electron chi connectivity index (χ2n) is 8.42. The van der Waals surface area contributed by atoms with Gasteiger partial charge in [-0.25, -0.2) is 0 Å². The fraction of sp³-hybridized carbons (Fsp3) is 0.455. The molecule has 5 nitrogen and oxygen atoms in total. The summed E-state index contributed by atoms with van der Waals surface area (Å²) in [4.78, 5) is 0. The lowest BCUT2D eigenvalue weighted by molar-refractivity contribution is 0.221. The summed E-state index contributed by atoms with van der Waals surface area (Å²) in [6.07, 6.45) is 5.93. The van der Waals surface area contributed by atoms with Crippen molar-refractivity contribution in [2.45, 2.75) is 39.5 Å². The van der Waals surface area contributed by atoms with Gasteiger partial charge in [0.25, 0.3) is 0 Å². The first-order chi connectivity index (χ1) is 13.8. The van der Waals surface area contributed by atoms with E-state index in [9.17, 15) is 13.7 Å². The number of rotatable bonds is 5. The number of fused-ring (bicyclic) bond motifs is 2. The largest absolute Gasteiger partial charge is 0.329 e. The van der Waals surface area contributed by atoms with Gasteiger partial charge in [-0.15, -0.1) is 0 Å². The Morgan fingerprint density at radius 2 is 2.21 bits per heavy atom. The SMILES string of the molecule is Cc1ccccc1/C(C#N)=C1\C=CS\C1=N/OS(=O)(=O)CC12CCC(CC1C)C2. The second-order valence-corrected chi connectivity index (χ2v) is 10.9. The predicted octanol–water partition coefficient (Wildman–Crippen LogP) is 5.02. The number of oxime groups is 1. The highest BCUT2D eigenvalue weighted by molar-refractivity contribution is 8.17. The zero-order valence-electron chi connectivity index (χ0n) is 16.6. The fourth-order valence-corrected chi connectivity index (χ4v) is 7.34. The third kappa shape index (κ3) is 3.88. The first kappa shape index (κ1) is 20.2. The molecule has 3 aliphatic rings. The quantitative estimate of drug-likeness (QED) is 0.486. The van der Waals surface area contributed by atoms with E-state index in [2.05, 4.69) is 18.1 Å². The number of thioether (sulfide) groups is 1. The molecule has 3 atom stereocenters. The van der Waals surface area contributed by atoms with Crippen LogP contribution in [0.4, 0.5) is 0 Å². The molecule has 29 heavy (non-hydrogen) atoms. The van der Waals surface area contributed by atoms with E-state index in [1.165, 1.54) is 11.8 Å². The Hall–Kier alpha value is -2.04. The van der Waals surface area contributed by atoms with Gasteiger partial charge in [0.1, 0.15) is 11.1 Å². The Labute approximate surface area is 176 Å². The van der Waals surface area contributed by atoms with Crippen LogP contribution in [0.5, 0.6) is 0 Å². The highest BCUT2D eigenvalue weighted by Crippen LogP contribution is 2.58. The normalized spacial score (nSPS) is 31.3. The highest BCUT2D eigenvalue weighted by atomic mass is 32.2. The van der Waals surface area contributed by atoms with Crippen LogP contribution in [0.2, 0.25) is 0 Å². The van der Waals surface area contributed by atoms with Crippen LogP contribution in [0.15, 0.2) is 46.5 Å². The maximum atomic E-state index is 12.7. The van der Waals surface area contributed by atoms with Crippen molar-refractivity contribution in [1.82, 2.24) is 0 Å². The van der Waals surface area contributed by atoms with Gasteiger partial charge in [-0.2, -0.15) is 13.7 Å². The van der Waals surface area contributed by atoms with E-state index >= 15 is 0 Å². The molecule has 1 aromatic rings. The number of hydrogen-bond acceptors (Lipinski definition) is 6. The average Bonchev–Trinajstić information content (AvgIpc) is 3.36. The smallest absolute Gasteiger partial charge is 0.267 e. The van der Waals surface area contributed by atoms with Crippen molar-refractivity contribution in [1.29, 1.82) is 5.26 Å². The molecule has 0 amide bonds. The van der Waals surface area contributed by atoms with Crippen LogP contribution in [0.3, 0.4) is 0 Å². The van der Waals surface area contributed by atoms with Crippen molar-refractivity contribution in [3.8, 4) is 6.07 Å². The lowest BCUT2D eigenvalue weighted by Gasteiger charge is -2.31. The fourth-order valence-electron chi connectivity index (χ4n) is 5.09. The summed E-state index contributed by atoms with van der Waals surface area (Å²) in [6.45, 7) is 4.09. The van der Waals surface area contributed by atoms with Crippen LogP contribution >= 0.6 is 11.8 Å². The van der Waals surface area contributed by atoms with Crippen molar-refractivity contribution in [3.63, 3.8) is 0 Å². The van der Waals surface area contributed by atoms with Crippen molar-refractivity contribution < 1.29 is 12.7 Å². The van der Waals surface area contributed by atoms with E-state index in [1.807, 2.05) is 31.2 Å². The summed E-state index contributed by atoms with van der Waals surface area (Å²) in [5, 5.41) is 15.9. The number of nitrogens with zero attached hydrogens (tertiary/aromatic N) is 2. The van der Waals surface area contributed by atoms with E-state index < -0.39 is 10.1 Å². The third-order valence-electron chi connectivity index (χ3n) is 6.62. The molecule has 0 radical (unpaired) electrons. The van der Waals surface area contributed by atoms with Crippen LogP contribution in [0, 0.1) is 35.5 Å². The number of nitriles is 1. The van der Waals surface area contributed by atoms with Crippen molar-refractivity contribution in [2.75, 3.05) is 5.75 Å². The lowest BCUT2D eigenvalue weighted by atomic mass is 9.78. The molecule has 1 aliphatic heterocycles. The molecule has 2 fully saturated rings. The molecule has 0 aromatic heterocycles. The molecule has 2 aliphatic carbocycles. The Morgan fingerprint density at radius 3 is 2.86 bits per heavy atom. The number of allylic oxidation sites excluding steroid dienone is 2. The zero-order valence-corrected chi connectivity index (χ0v) is 18.2. The molecular formula is C22H24N2O3S2. The van der Waals surface area contributed by atoms with Gasteiger partial charge < -0.3 is 0 Å². The maximum absolute atomic E-state index is 12.7. The van der Waals surface area contributed by atoms with Crippen molar-refractivity contribution in [2.24, 2.45) is 22.4 Å². The van der Waals surface area contributed by atoms with Crippen LogP contribution in [0.25, 0.3) is 5.57 Å². The summed E-state index contributed by atoms with van der Waals surface area (Å²) in [6, 6.07) is 9.85. The summed E-state index contributed by atoms with van der Waals surface area (Å²) >= 11 is 1.26. The standard InChI is InChI=1S/C22H24N2O3S2/c1-15-5-3-4-6-18(15)20(13-23)19-8-10-28-21(19)24-27-29(25,26)14-22-9-7-17(12-22)11-16(22)2/h3-6,8,10,16-17H,7,9,11-12,14H2,1-2H3/b20-19+,24-21-. The lowest BCUT2D eigenvalue weighted by Crippen LogP contribution is -2.32. The monoisotopic (exact) mass is 428 g/mol. The predicted molar refractivity (Wildman–Crippen MR) is 116 cm³/mol. The van der Waals surface area contributed by atoms with Crippen LogP contribution < -0.4 is 0 Å². The molecule has 0 N–H and O–H groups in total. The van der Waals surface area contributed by atoms with Gasteiger partial charge in [0.2, 0.25) is 0 Å². The molecule has 7 heteroatoms. The van der Waals surface area contributed by atoms with E-state index in [1.54, 1.807) is 11.5 Å². The van der Waals surface area contributed by atoms with Gasteiger partial charge in [0.05, 0.1) is 11.3 Å². The summed E-state index contributed by atoms with van der Waals surface area (Å²) < 4.78 is 30.5. The highest BCUT2D eigenvalue weighted by Gasteiger charge is 2.52. The first-order valence-corrected chi connectivity index (χ1v) is 12.3. The van der Waals surface area contributed by atoms with Gasteiger partial charge >= 0.3 is 10.1 Å². The van der Waals surface area contributed by atoms with Crippen molar-refractivity contribution in [3.05, 3.63) is 52.4 Å². The van der Waals surface area contributed by atoms with E-state index in [0.29, 0.717) is 28.0 Å². The molecule has 2 bridgehead atoms. The number of aryl methyl sites for hydroxylation is 1. The Bertz CT molecular complexity index is 1070. The number of benzene rings is 1. The summed E-state index contributed by atoms with van der Waals surface area (Å²) in [7, 11) is -3.79. The molecule has 4 rings (SSSR count). The minimum atomic E-state index is -3.79. The Morgan fingerprint density at radius 1 is 1.41 bits per heavy atom. The van der Waals surface area contributed by atoms with E-state index in [4.69, 9.17) is 4.28 Å². The van der Waals surface area contributed by atoms with Crippen LogP contribution in [-0.4, -0.2) is 19.2 Å². The minimum absolute atomic E-state index is 0.0223. The van der Waals surface area contributed by atoms with Gasteiger partial charge in [0, 0.05) is 5.57 Å². The second kappa shape index (κ2) is 7.66. The van der Waals surface area contributed by atoms with Crippen molar-refractivity contribution >= 4 is 32.5 Å². The zero-order chi connectivity index (χ0) is 20.6. The van der Waals surface area contributed by atoms with Crippen LogP contribution in [-0.2, 0) is 14.4 Å². The van der Waals surface area contributed by atoms with Crippen LogP contribution in [0.1, 0.15) is 43.7 Å². The molecule has 0 saturated heterocycles. The Kier molecular flexibility index (Phi) is 5.34. The van der Waals surface area contributed by atoms with Gasteiger partial charge in [0.15, 0.2) is 0 Å². The maximum Gasteiger partial charge on any atom is 0.329 e. The molecule has 1 aromatic carbocycles. The third-order valence-corrected chi connectivity index (χ3v) is 8.64. The van der Waals surface area contributed by atoms with E-state index in [-0.39, 0.29) is 11.2 Å². The van der Waals surface area contributed by atoms with E-state index in [0.717, 1.165) is 36.8 Å². The minimum Gasteiger partial charge on any atom is -0.267 e. The van der Waals surface area contributed by atoms with Gasteiger partial charge in [-0.05, 0) is 72.5 Å². The summed E-state index contributed by atoms with van der Waals surface area (Å²) in [5.41, 5.74) is 2.67. The first-order valence-electron chi connectivity index (χ1n) is 9.87. The molecular weight excluding hydrogens is 404 g/mol. The van der Waals surface area contributed by atoms with Gasteiger partial charge in [-0.3, -0.25) is 4.28 Å². The molecule has 1 heterocycles. The molecule has 2 saturated carbocycles. The topological polar surface area (TPSA) is 79.5 Å². The summed E-state index contributed by atoms with van der Waals surface area (Å²) in [5.74, 6) is 1.08. The molecule has 0 spiro atoms. The molecule has 152 valence electrons. The average molecular weight is 429 g/mol. The Balaban J connectivity index is 1.58. The molecule has 3 unspecified atom stereocenters. The van der Waals surface area contributed by atoms with Gasteiger partial charge in [-0.1, -0.05) is 48.1 Å². The number of hydrogen-bond donors (Lipinski definition) is 0.